The Hall–Kier alpha value is -3.22. The van der Waals surface area contributed by atoms with Gasteiger partial charge in [-0.3, -0.25) is 14.9 Å². The van der Waals surface area contributed by atoms with Crippen LogP contribution in [-0.2, 0) is 16.0 Å². The molecule has 0 atom stereocenters. The van der Waals surface area contributed by atoms with Crippen molar-refractivity contribution in [1.82, 2.24) is 0 Å². The minimum absolute atomic E-state index is 0.119. The summed E-state index contributed by atoms with van der Waals surface area (Å²) in [6.07, 6.45) is -0.172. The van der Waals surface area contributed by atoms with E-state index in [0.29, 0.717) is 11.3 Å². The third kappa shape index (κ3) is 4.16. The zero-order chi connectivity index (χ0) is 17.5. The van der Waals surface area contributed by atoms with Crippen molar-refractivity contribution in [1.29, 1.82) is 0 Å². The molecule has 0 radical (unpaired) electrons. The largest absolute Gasteiger partial charge is 0.462 e. The van der Waals surface area contributed by atoms with Crippen molar-refractivity contribution in [2.24, 2.45) is 0 Å². The van der Waals surface area contributed by atoms with E-state index in [1.165, 1.54) is 18.2 Å². The van der Waals surface area contributed by atoms with Gasteiger partial charge in [-0.2, -0.15) is 0 Å². The van der Waals surface area contributed by atoms with Crippen LogP contribution in [0.4, 0.5) is 11.4 Å². The molecule has 0 fully saturated rings. The molecule has 0 aromatic heterocycles. The van der Waals surface area contributed by atoms with Crippen molar-refractivity contribution >= 4 is 23.3 Å². The van der Waals surface area contributed by atoms with E-state index in [1.54, 1.807) is 37.3 Å². The standard InChI is InChI=1S/C17H16N2O5/c1-2-24-17(21)13-8-4-5-9-14(13)18-16(20)11-12-7-3-6-10-15(12)19(22)23/h3-10H,2,11H2,1H3,(H,18,20). The highest BCUT2D eigenvalue weighted by molar-refractivity contribution is 6.01. The maximum absolute atomic E-state index is 12.2. The summed E-state index contributed by atoms with van der Waals surface area (Å²) in [6, 6.07) is 12.5. The molecule has 0 aliphatic rings. The number of esters is 1. The van der Waals surface area contributed by atoms with Crippen molar-refractivity contribution in [3.8, 4) is 0 Å². The summed E-state index contributed by atoms with van der Waals surface area (Å²) in [5.74, 6) is -1.000. The molecule has 0 aliphatic heterocycles. The number of benzene rings is 2. The lowest BCUT2D eigenvalue weighted by Gasteiger charge is -2.10. The molecule has 2 aromatic carbocycles. The second kappa shape index (κ2) is 7.87. The van der Waals surface area contributed by atoms with Crippen LogP contribution in [0.2, 0.25) is 0 Å². The fraction of sp³-hybridized carbons (Fsp3) is 0.176. The molecule has 1 N–H and O–H groups in total. The monoisotopic (exact) mass is 328 g/mol. The summed E-state index contributed by atoms with van der Waals surface area (Å²) in [6.45, 7) is 1.91. The highest BCUT2D eigenvalue weighted by atomic mass is 16.6. The third-order valence-corrected chi connectivity index (χ3v) is 3.24. The molecule has 0 heterocycles. The van der Waals surface area contributed by atoms with E-state index in [9.17, 15) is 19.7 Å². The van der Waals surface area contributed by atoms with Crippen LogP contribution >= 0.6 is 0 Å². The number of amides is 1. The van der Waals surface area contributed by atoms with Gasteiger partial charge in [0.15, 0.2) is 0 Å². The number of rotatable bonds is 6. The summed E-state index contributed by atoms with van der Waals surface area (Å²) in [4.78, 5) is 34.5. The molecule has 0 unspecified atom stereocenters. The Kier molecular flexibility index (Phi) is 5.62. The minimum Gasteiger partial charge on any atom is -0.462 e. The van der Waals surface area contributed by atoms with Gasteiger partial charge in [-0.25, -0.2) is 4.79 Å². The number of nitrogens with zero attached hydrogens (tertiary/aromatic N) is 1. The molecule has 2 aromatic rings. The second-order valence-corrected chi connectivity index (χ2v) is 4.88. The molecule has 0 bridgehead atoms. The zero-order valence-electron chi connectivity index (χ0n) is 13.0. The molecule has 124 valence electrons. The van der Waals surface area contributed by atoms with E-state index >= 15 is 0 Å². The van der Waals surface area contributed by atoms with Gasteiger partial charge in [-0.05, 0) is 19.1 Å². The van der Waals surface area contributed by atoms with Gasteiger partial charge in [0.05, 0.1) is 29.2 Å². The predicted octanol–water partition coefficient (Wildman–Crippen LogP) is 2.95. The quantitative estimate of drug-likeness (QED) is 0.499. The number of carbonyl (C=O) groups is 2. The Balaban J connectivity index is 2.17. The SMILES string of the molecule is CCOC(=O)c1ccccc1NC(=O)Cc1ccccc1[N+](=O)[O-]. The predicted molar refractivity (Wildman–Crippen MR) is 87.8 cm³/mol. The highest BCUT2D eigenvalue weighted by Crippen LogP contribution is 2.20. The Morgan fingerprint density at radius 1 is 1.12 bits per heavy atom. The number of nitro groups is 1. The van der Waals surface area contributed by atoms with E-state index in [0.717, 1.165) is 0 Å². The topological polar surface area (TPSA) is 98.5 Å². The van der Waals surface area contributed by atoms with Gasteiger partial charge in [0.25, 0.3) is 5.69 Å². The number of anilines is 1. The Morgan fingerprint density at radius 3 is 2.50 bits per heavy atom. The molecule has 0 saturated heterocycles. The lowest BCUT2D eigenvalue weighted by atomic mass is 10.1. The molecule has 7 heteroatoms. The Labute approximate surface area is 138 Å². The molecule has 0 spiro atoms. The van der Waals surface area contributed by atoms with Gasteiger partial charge in [0.1, 0.15) is 0 Å². The fourth-order valence-electron chi connectivity index (χ4n) is 2.18. The summed E-state index contributed by atoms with van der Waals surface area (Å²) in [7, 11) is 0. The summed E-state index contributed by atoms with van der Waals surface area (Å²) < 4.78 is 4.94. The van der Waals surface area contributed by atoms with Crippen molar-refractivity contribution < 1.29 is 19.2 Å². The third-order valence-electron chi connectivity index (χ3n) is 3.24. The first-order valence-corrected chi connectivity index (χ1v) is 7.31. The molecular formula is C17H16N2O5. The number of para-hydroxylation sites is 2. The van der Waals surface area contributed by atoms with E-state index in [-0.39, 0.29) is 24.3 Å². The summed E-state index contributed by atoms with van der Waals surface area (Å²) >= 11 is 0. The molecule has 24 heavy (non-hydrogen) atoms. The van der Waals surface area contributed by atoms with E-state index in [1.807, 2.05) is 0 Å². The number of hydrogen-bond donors (Lipinski definition) is 1. The molecular weight excluding hydrogens is 312 g/mol. The summed E-state index contributed by atoms with van der Waals surface area (Å²) in [5, 5.41) is 13.6. The van der Waals surface area contributed by atoms with Crippen LogP contribution in [0.1, 0.15) is 22.8 Å². The number of hydrogen-bond acceptors (Lipinski definition) is 5. The lowest BCUT2D eigenvalue weighted by Crippen LogP contribution is -2.18. The van der Waals surface area contributed by atoms with E-state index < -0.39 is 16.8 Å². The number of carbonyl (C=O) groups excluding carboxylic acids is 2. The van der Waals surface area contributed by atoms with Crippen molar-refractivity contribution in [2.45, 2.75) is 13.3 Å². The average Bonchev–Trinajstić information content (AvgIpc) is 2.55. The first kappa shape index (κ1) is 17.1. The van der Waals surface area contributed by atoms with Crippen LogP contribution < -0.4 is 5.32 Å². The number of ether oxygens (including phenoxy) is 1. The zero-order valence-corrected chi connectivity index (χ0v) is 13.0. The molecule has 7 nitrogen and oxygen atoms in total. The molecule has 2 rings (SSSR count). The van der Waals surface area contributed by atoms with E-state index in [4.69, 9.17) is 4.74 Å². The number of nitro benzene ring substituents is 1. The first-order valence-electron chi connectivity index (χ1n) is 7.31. The smallest absolute Gasteiger partial charge is 0.340 e. The van der Waals surface area contributed by atoms with Crippen LogP contribution in [0, 0.1) is 10.1 Å². The Morgan fingerprint density at radius 2 is 1.79 bits per heavy atom. The normalized spacial score (nSPS) is 10.0. The van der Waals surface area contributed by atoms with Crippen molar-refractivity contribution in [3.63, 3.8) is 0 Å². The molecule has 1 amide bonds. The highest BCUT2D eigenvalue weighted by Gasteiger charge is 2.18. The van der Waals surface area contributed by atoms with Gasteiger partial charge in [-0.1, -0.05) is 30.3 Å². The second-order valence-electron chi connectivity index (χ2n) is 4.88. The maximum atomic E-state index is 12.2. The average molecular weight is 328 g/mol. The minimum atomic E-state index is -0.543. The maximum Gasteiger partial charge on any atom is 0.340 e. The Bertz CT molecular complexity index is 773. The van der Waals surface area contributed by atoms with Gasteiger partial charge in [-0.15, -0.1) is 0 Å². The van der Waals surface area contributed by atoms with Crippen LogP contribution in [0.3, 0.4) is 0 Å². The van der Waals surface area contributed by atoms with Crippen LogP contribution in [-0.4, -0.2) is 23.4 Å². The summed E-state index contributed by atoms with van der Waals surface area (Å²) in [5.41, 5.74) is 0.717. The van der Waals surface area contributed by atoms with Crippen molar-refractivity contribution in [2.75, 3.05) is 11.9 Å². The lowest BCUT2D eigenvalue weighted by molar-refractivity contribution is -0.385. The van der Waals surface area contributed by atoms with Gasteiger partial charge in [0.2, 0.25) is 5.91 Å². The number of nitrogens with one attached hydrogen (secondary N) is 1. The van der Waals surface area contributed by atoms with Gasteiger partial charge in [0, 0.05) is 11.6 Å². The molecule has 0 saturated carbocycles. The van der Waals surface area contributed by atoms with Crippen LogP contribution in [0.5, 0.6) is 0 Å². The van der Waals surface area contributed by atoms with Crippen molar-refractivity contribution in [3.05, 3.63) is 69.8 Å². The van der Waals surface area contributed by atoms with E-state index in [2.05, 4.69) is 5.32 Å². The molecule has 0 aliphatic carbocycles. The van der Waals surface area contributed by atoms with Crippen LogP contribution in [0.15, 0.2) is 48.5 Å². The first-order chi connectivity index (χ1) is 11.5. The fourth-order valence-corrected chi connectivity index (χ4v) is 2.18. The van der Waals surface area contributed by atoms with Crippen LogP contribution in [0.25, 0.3) is 0 Å². The van der Waals surface area contributed by atoms with Gasteiger partial charge < -0.3 is 10.1 Å². The van der Waals surface area contributed by atoms with Gasteiger partial charge >= 0.3 is 5.97 Å².